The van der Waals surface area contributed by atoms with Gasteiger partial charge < -0.3 is 29.8 Å². The first kappa shape index (κ1) is 28.9. The molecule has 0 aliphatic carbocycles. The van der Waals surface area contributed by atoms with Crippen LogP contribution < -0.4 is 16.0 Å². The number of aliphatic imine (C=N–C) groups is 1. The summed E-state index contributed by atoms with van der Waals surface area (Å²) in [6.07, 6.45) is 3.81. The van der Waals surface area contributed by atoms with Crippen molar-refractivity contribution in [2.75, 3.05) is 39.5 Å². The summed E-state index contributed by atoms with van der Waals surface area (Å²) in [6.45, 7) is 8.97. The Balaban J connectivity index is 0.00000544. The van der Waals surface area contributed by atoms with Crippen LogP contribution in [0.2, 0.25) is 0 Å². The number of hydrogen-bond donors (Lipinski definition) is 3. The number of hydrogen-bond acceptors (Lipinski definition) is 5. The molecule has 2 rings (SSSR count). The first-order valence-corrected chi connectivity index (χ1v) is 11.3. The van der Waals surface area contributed by atoms with E-state index in [0.717, 1.165) is 31.6 Å². The normalized spacial score (nSPS) is 11.0. The summed E-state index contributed by atoms with van der Waals surface area (Å²) in [5.41, 5.74) is 1.55. The lowest BCUT2D eigenvalue weighted by Crippen LogP contribution is -2.39. The van der Waals surface area contributed by atoms with Gasteiger partial charge in [0.05, 0.1) is 39.2 Å². The highest BCUT2D eigenvalue weighted by molar-refractivity contribution is 14.0. The van der Waals surface area contributed by atoms with Gasteiger partial charge in [-0.3, -0.25) is 4.79 Å². The smallest absolute Gasteiger partial charge is 0.251 e. The van der Waals surface area contributed by atoms with E-state index in [-0.39, 0.29) is 29.9 Å². The van der Waals surface area contributed by atoms with E-state index in [1.807, 2.05) is 31.2 Å². The molecule has 0 fully saturated rings. The van der Waals surface area contributed by atoms with Crippen LogP contribution in [-0.2, 0) is 22.6 Å². The van der Waals surface area contributed by atoms with Gasteiger partial charge in [0.1, 0.15) is 5.76 Å². The van der Waals surface area contributed by atoms with Gasteiger partial charge in [-0.15, -0.1) is 24.0 Å². The fourth-order valence-corrected chi connectivity index (χ4v) is 2.82. The van der Waals surface area contributed by atoms with Crippen LogP contribution in [0.4, 0.5) is 0 Å². The Kier molecular flexibility index (Phi) is 16.1. The molecule has 0 saturated heterocycles. The van der Waals surface area contributed by atoms with Crippen molar-refractivity contribution in [3.8, 4) is 0 Å². The molecular formula is C24H37IN4O4. The van der Waals surface area contributed by atoms with Crippen molar-refractivity contribution in [3.05, 3.63) is 59.5 Å². The molecule has 0 saturated carbocycles. The minimum Gasteiger partial charge on any atom is -0.467 e. The number of unbranched alkanes of at least 4 members (excludes halogenated alkanes) is 1. The Bertz CT molecular complexity index is 800. The number of rotatable bonds is 15. The summed E-state index contributed by atoms with van der Waals surface area (Å²) in [7, 11) is 0. The summed E-state index contributed by atoms with van der Waals surface area (Å²) in [4.78, 5) is 17.0. The molecule has 33 heavy (non-hydrogen) atoms. The average Bonchev–Trinajstić information content (AvgIpc) is 3.34. The van der Waals surface area contributed by atoms with E-state index < -0.39 is 0 Å². The molecule has 9 heteroatoms. The second-order valence-electron chi connectivity index (χ2n) is 7.16. The van der Waals surface area contributed by atoms with E-state index >= 15 is 0 Å². The highest BCUT2D eigenvalue weighted by Crippen LogP contribution is 2.08. The average molecular weight is 572 g/mol. The van der Waals surface area contributed by atoms with Crippen LogP contribution >= 0.6 is 24.0 Å². The van der Waals surface area contributed by atoms with Gasteiger partial charge in [-0.2, -0.15) is 0 Å². The molecule has 0 atom stereocenters. The number of carbonyl (C=O) groups is 1. The fraction of sp³-hybridized carbons (Fsp3) is 0.500. The van der Waals surface area contributed by atoms with Crippen LogP contribution in [-0.4, -0.2) is 51.4 Å². The number of benzene rings is 1. The van der Waals surface area contributed by atoms with Gasteiger partial charge in [0, 0.05) is 25.3 Å². The highest BCUT2D eigenvalue weighted by atomic mass is 127. The zero-order valence-electron chi connectivity index (χ0n) is 19.6. The summed E-state index contributed by atoms with van der Waals surface area (Å²) in [5, 5.41) is 9.34. The molecule has 1 amide bonds. The number of furan rings is 1. The second kappa shape index (κ2) is 18.3. The molecule has 2 aromatic rings. The summed E-state index contributed by atoms with van der Waals surface area (Å²) >= 11 is 0. The van der Waals surface area contributed by atoms with Crippen LogP contribution in [0.1, 0.15) is 48.4 Å². The molecule has 0 aliphatic heterocycles. The Labute approximate surface area is 213 Å². The maximum absolute atomic E-state index is 12.4. The van der Waals surface area contributed by atoms with E-state index in [1.54, 1.807) is 18.4 Å². The van der Waals surface area contributed by atoms with Gasteiger partial charge in [-0.1, -0.05) is 25.5 Å². The molecular weight excluding hydrogens is 535 g/mol. The third-order valence-electron chi connectivity index (χ3n) is 4.51. The molecule has 0 radical (unpaired) electrons. The molecule has 0 aliphatic rings. The predicted octanol–water partition coefficient (Wildman–Crippen LogP) is 3.72. The number of ether oxygens (including phenoxy) is 2. The number of guanidine groups is 1. The van der Waals surface area contributed by atoms with Gasteiger partial charge in [0.25, 0.3) is 5.91 Å². The maximum atomic E-state index is 12.4. The zero-order chi connectivity index (χ0) is 22.9. The number of carbonyl (C=O) groups excluding carboxylic acids is 1. The number of halogens is 1. The Morgan fingerprint density at radius 1 is 1.00 bits per heavy atom. The van der Waals surface area contributed by atoms with Crippen molar-refractivity contribution in [1.29, 1.82) is 0 Å². The van der Waals surface area contributed by atoms with Gasteiger partial charge in [-0.05, 0) is 43.2 Å². The van der Waals surface area contributed by atoms with Crippen LogP contribution in [0, 0.1) is 0 Å². The Hall–Kier alpha value is -2.11. The third-order valence-corrected chi connectivity index (χ3v) is 4.51. The van der Waals surface area contributed by atoms with E-state index in [1.165, 1.54) is 0 Å². The van der Waals surface area contributed by atoms with E-state index in [2.05, 4.69) is 27.9 Å². The van der Waals surface area contributed by atoms with Crippen LogP contribution in [0.3, 0.4) is 0 Å². The molecule has 0 unspecified atom stereocenters. The first-order chi connectivity index (χ1) is 15.7. The lowest BCUT2D eigenvalue weighted by atomic mass is 10.1. The molecule has 1 aromatic carbocycles. The SMILES string of the molecule is CCCCOCCOCCNC(=NCc1cccc(C(=O)NCc2ccco2)c1)NCC.I. The second-order valence-corrected chi connectivity index (χ2v) is 7.16. The predicted molar refractivity (Wildman–Crippen MR) is 141 cm³/mol. The molecule has 0 bridgehead atoms. The number of nitrogens with one attached hydrogen (secondary N) is 3. The van der Waals surface area contributed by atoms with Crippen molar-refractivity contribution in [1.82, 2.24) is 16.0 Å². The topological polar surface area (TPSA) is 97.1 Å². The van der Waals surface area contributed by atoms with Crippen LogP contribution in [0.15, 0.2) is 52.1 Å². The standard InChI is InChI=1S/C24H36N4O4.HI/c1-3-5-12-30-15-16-31-14-11-26-24(25-4-2)28-18-20-8-6-9-21(17-20)23(29)27-19-22-10-7-13-32-22;/h6-10,13,17H,3-5,11-12,14-16,18-19H2,1-2H3,(H,27,29)(H2,25,26,28);1H. The largest absolute Gasteiger partial charge is 0.467 e. The van der Waals surface area contributed by atoms with Gasteiger partial charge in [0.15, 0.2) is 5.96 Å². The monoisotopic (exact) mass is 572 g/mol. The molecule has 184 valence electrons. The van der Waals surface area contributed by atoms with Crippen molar-refractivity contribution in [2.45, 2.75) is 39.8 Å². The van der Waals surface area contributed by atoms with E-state index in [0.29, 0.717) is 56.7 Å². The van der Waals surface area contributed by atoms with Gasteiger partial charge >= 0.3 is 0 Å². The molecule has 8 nitrogen and oxygen atoms in total. The lowest BCUT2D eigenvalue weighted by Gasteiger charge is -2.12. The minimum atomic E-state index is -0.145. The maximum Gasteiger partial charge on any atom is 0.251 e. The molecule has 1 aromatic heterocycles. The van der Waals surface area contributed by atoms with Crippen molar-refractivity contribution in [3.63, 3.8) is 0 Å². The first-order valence-electron chi connectivity index (χ1n) is 11.3. The third kappa shape index (κ3) is 12.6. The zero-order valence-corrected chi connectivity index (χ0v) is 21.9. The van der Waals surface area contributed by atoms with Crippen LogP contribution in [0.25, 0.3) is 0 Å². The molecule has 3 N–H and O–H groups in total. The Morgan fingerprint density at radius 3 is 2.55 bits per heavy atom. The lowest BCUT2D eigenvalue weighted by molar-refractivity contribution is 0.0487. The van der Waals surface area contributed by atoms with E-state index in [9.17, 15) is 4.79 Å². The van der Waals surface area contributed by atoms with Crippen LogP contribution in [0.5, 0.6) is 0 Å². The molecule has 1 heterocycles. The van der Waals surface area contributed by atoms with Gasteiger partial charge in [-0.25, -0.2) is 4.99 Å². The molecule has 0 spiro atoms. The van der Waals surface area contributed by atoms with E-state index in [4.69, 9.17) is 13.9 Å². The fourth-order valence-electron chi connectivity index (χ4n) is 2.82. The Morgan fingerprint density at radius 2 is 1.82 bits per heavy atom. The number of nitrogens with zero attached hydrogens (tertiary/aromatic N) is 1. The quantitative estimate of drug-likeness (QED) is 0.130. The summed E-state index contributed by atoms with van der Waals surface area (Å²) in [5.74, 6) is 1.28. The number of amides is 1. The minimum absolute atomic E-state index is 0. The summed E-state index contributed by atoms with van der Waals surface area (Å²) in [6, 6.07) is 11.1. The summed E-state index contributed by atoms with van der Waals surface area (Å²) < 4.78 is 16.3. The van der Waals surface area contributed by atoms with Crippen molar-refractivity contribution in [2.24, 2.45) is 4.99 Å². The van der Waals surface area contributed by atoms with Gasteiger partial charge in [0.2, 0.25) is 0 Å². The van der Waals surface area contributed by atoms with Crippen molar-refractivity contribution >= 4 is 35.8 Å². The van der Waals surface area contributed by atoms with Crippen molar-refractivity contribution < 1.29 is 18.7 Å². The highest BCUT2D eigenvalue weighted by Gasteiger charge is 2.07.